The van der Waals surface area contributed by atoms with Crippen LogP contribution in [0.3, 0.4) is 0 Å². The minimum absolute atomic E-state index is 0. The van der Waals surface area contributed by atoms with E-state index in [2.05, 4.69) is 45.4 Å². The molecule has 0 spiro atoms. The van der Waals surface area contributed by atoms with Crippen LogP contribution >= 0.6 is 24.0 Å². The molecule has 1 aromatic rings. The Balaban J connectivity index is 0.00000300. The van der Waals surface area contributed by atoms with Gasteiger partial charge in [-0.2, -0.15) is 0 Å². The van der Waals surface area contributed by atoms with Gasteiger partial charge in [0.15, 0.2) is 5.96 Å². The maximum Gasteiger partial charge on any atom is 0.213 e. The molecule has 0 radical (unpaired) electrons. The van der Waals surface area contributed by atoms with Crippen LogP contribution in [0.25, 0.3) is 0 Å². The number of guanidine groups is 1. The van der Waals surface area contributed by atoms with Gasteiger partial charge in [-0.15, -0.1) is 24.0 Å². The Hall–Kier alpha value is -1.13. The standard InChI is InChI=1S/C21H35N5O2.HI/c1-21(2,26-10-12-27-13-11-26)16-25-20(22-3)24-15-17-8-9-19(23-14-17)28-18-6-4-5-7-18;/h8-9,14,18H,4-7,10-13,15-16H2,1-3H3,(H2,22,24,25);1H. The molecule has 3 rings (SSSR count). The van der Waals surface area contributed by atoms with Gasteiger partial charge in [0.25, 0.3) is 0 Å². The van der Waals surface area contributed by atoms with Crippen LogP contribution in [-0.2, 0) is 11.3 Å². The molecule has 8 heteroatoms. The molecule has 2 N–H and O–H groups in total. The number of ether oxygens (including phenoxy) is 2. The number of nitrogens with zero attached hydrogens (tertiary/aromatic N) is 3. The van der Waals surface area contributed by atoms with E-state index in [9.17, 15) is 0 Å². The maximum atomic E-state index is 5.93. The number of nitrogens with one attached hydrogen (secondary N) is 2. The molecule has 1 aliphatic heterocycles. The van der Waals surface area contributed by atoms with Crippen molar-refractivity contribution in [3.05, 3.63) is 23.9 Å². The molecular formula is C21H36IN5O2. The highest BCUT2D eigenvalue weighted by Crippen LogP contribution is 2.22. The highest BCUT2D eigenvalue weighted by Gasteiger charge is 2.28. The van der Waals surface area contributed by atoms with Crippen LogP contribution in [0.1, 0.15) is 45.1 Å². The molecule has 0 atom stereocenters. The summed E-state index contributed by atoms with van der Waals surface area (Å²) >= 11 is 0. The third-order valence-electron chi connectivity index (χ3n) is 5.63. The van der Waals surface area contributed by atoms with Gasteiger partial charge in [-0.05, 0) is 45.1 Å². The molecule has 29 heavy (non-hydrogen) atoms. The van der Waals surface area contributed by atoms with E-state index in [1.165, 1.54) is 12.8 Å². The van der Waals surface area contributed by atoms with Crippen LogP contribution in [0.4, 0.5) is 0 Å². The fraction of sp³-hybridized carbons (Fsp3) is 0.714. The van der Waals surface area contributed by atoms with Crippen molar-refractivity contribution in [2.45, 2.75) is 57.7 Å². The molecule has 0 bridgehead atoms. The molecule has 2 fully saturated rings. The predicted octanol–water partition coefficient (Wildman–Crippen LogP) is 2.80. The molecule has 1 aromatic heterocycles. The number of morpholine rings is 1. The summed E-state index contributed by atoms with van der Waals surface area (Å²) in [7, 11) is 1.80. The van der Waals surface area contributed by atoms with Crippen molar-refractivity contribution in [1.29, 1.82) is 0 Å². The second-order valence-corrected chi connectivity index (χ2v) is 8.22. The Kier molecular flexibility index (Phi) is 9.91. The lowest BCUT2D eigenvalue weighted by Crippen LogP contribution is -2.56. The second kappa shape index (κ2) is 11.9. The normalized spacial score (nSPS) is 18.9. The molecule has 2 aliphatic rings. The number of pyridine rings is 1. The van der Waals surface area contributed by atoms with Crippen molar-refractivity contribution < 1.29 is 9.47 Å². The molecular weight excluding hydrogens is 481 g/mol. The van der Waals surface area contributed by atoms with Crippen molar-refractivity contribution in [1.82, 2.24) is 20.5 Å². The fourth-order valence-electron chi connectivity index (χ4n) is 3.75. The predicted molar refractivity (Wildman–Crippen MR) is 127 cm³/mol. The first-order valence-corrected chi connectivity index (χ1v) is 10.5. The van der Waals surface area contributed by atoms with Gasteiger partial charge in [0, 0.05) is 51.0 Å². The summed E-state index contributed by atoms with van der Waals surface area (Å²) in [5.74, 6) is 1.53. The SMILES string of the molecule is CN=C(NCc1ccc(OC2CCCC2)nc1)NCC(C)(C)N1CCOCC1.I. The lowest BCUT2D eigenvalue weighted by atomic mass is 10.0. The summed E-state index contributed by atoms with van der Waals surface area (Å²) in [5.41, 5.74) is 1.15. The summed E-state index contributed by atoms with van der Waals surface area (Å²) in [4.78, 5) is 11.3. The largest absolute Gasteiger partial charge is 0.474 e. The van der Waals surface area contributed by atoms with Crippen molar-refractivity contribution in [3.8, 4) is 5.88 Å². The van der Waals surface area contributed by atoms with E-state index in [1.807, 2.05) is 12.3 Å². The summed E-state index contributed by atoms with van der Waals surface area (Å²) in [6, 6.07) is 4.03. The zero-order valence-corrected chi connectivity index (χ0v) is 20.3. The van der Waals surface area contributed by atoms with Crippen LogP contribution in [0.2, 0.25) is 0 Å². The Morgan fingerprint density at radius 2 is 1.97 bits per heavy atom. The Bertz CT molecular complexity index is 626. The smallest absolute Gasteiger partial charge is 0.213 e. The van der Waals surface area contributed by atoms with Gasteiger partial charge in [0.05, 0.1) is 13.2 Å². The van der Waals surface area contributed by atoms with Gasteiger partial charge in [-0.3, -0.25) is 9.89 Å². The summed E-state index contributed by atoms with van der Waals surface area (Å²) in [6.07, 6.45) is 7.04. The monoisotopic (exact) mass is 517 g/mol. The molecule has 2 heterocycles. The summed E-state index contributed by atoms with van der Waals surface area (Å²) in [6.45, 7) is 9.57. The molecule has 164 valence electrons. The molecule has 1 aliphatic carbocycles. The maximum absolute atomic E-state index is 5.93. The molecule has 0 aromatic carbocycles. The van der Waals surface area contributed by atoms with Gasteiger partial charge < -0.3 is 20.1 Å². The third kappa shape index (κ3) is 7.57. The Labute approximate surface area is 192 Å². The first kappa shape index (κ1) is 24.1. The quantitative estimate of drug-likeness (QED) is 0.330. The van der Waals surface area contributed by atoms with E-state index >= 15 is 0 Å². The number of aromatic nitrogens is 1. The van der Waals surface area contributed by atoms with Gasteiger partial charge in [0.1, 0.15) is 6.10 Å². The van der Waals surface area contributed by atoms with E-state index in [4.69, 9.17) is 9.47 Å². The van der Waals surface area contributed by atoms with E-state index in [0.29, 0.717) is 12.6 Å². The zero-order chi connectivity index (χ0) is 19.8. The molecule has 1 saturated carbocycles. The number of rotatable bonds is 7. The molecule has 7 nitrogen and oxygen atoms in total. The van der Waals surface area contributed by atoms with E-state index in [0.717, 1.165) is 63.1 Å². The lowest BCUT2D eigenvalue weighted by molar-refractivity contribution is -0.00834. The van der Waals surface area contributed by atoms with Crippen LogP contribution in [0.5, 0.6) is 5.88 Å². The van der Waals surface area contributed by atoms with Crippen molar-refractivity contribution >= 4 is 29.9 Å². The van der Waals surface area contributed by atoms with E-state index in [1.54, 1.807) is 7.05 Å². The zero-order valence-electron chi connectivity index (χ0n) is 17.9. The first-order chi connectivity index (χ1) is 13.6. The van der Waals surface area contributed by atoms with Crippen LogP contribution in [-0.4, -0.2) is 67.4 Å². The van der Waals surface area contributed by atoms with Gasteiger partial charge in [-0.1, -0.05) is 6.07 Å². The number of halogens is 1. The average Bonchev–Trinajstić information content (AvgIpc) is 3.23. The van der Waals surface area contributed by atoms with Gasteiger partial charge in [-0.25, -0.2) is 4.98 Å². The van der Waals surface area contributed by atoms with Crippen molar-refractivity contribution in [2.24, 2.45) is 4.99 Å². The fourth-order valence-corrected chi connectivity index (χ4v) is 3.75. The second-order valence-electron chi connectivity index (χ2n) is 8.22. The Morgan fingerprint density at radius 3 is 2.59 bits per heavy atom. The highest BCUT2D eigenvalue weighted by molar-refractivity contribution is 14.0. The molecule has 1 saturated heterocycles. The molecule has 0 amide bonds. The highest BCUT2D eigenvalue weighted by atomic mass is 127. The minimum atomic E-state index is 0. The van der Waals surface area contributed by atoms with E-state index in [-0.39, 0.29) is 29.5 Å². The van der Waals surface area contributed by atoms with E-state index < -0.39 is 0 Å². The van der Waals surface area contributed by atoms with Crippen molar-refractivity contribution in [2.75, 3.05) is 39.9 Å². The summed E-state index contributed by atoms with van der Waals surface area (Å²) < 4.78 is 11.4. The van der Waals surface area contributed by atoms with Gasteiger partial charge >= 0.3 is 0 Å². The molecule has 0 unspecified atom stereocenters. The minimum Gasteiger partial charge on any atom is -0.474 e. The van der Waals surface area contributed by atoms with Crippen LogP contribution < -0.4 is 15.4 Å². The summed E-state index contributed by atoms with van der Waals surface area (Å²) in [5, 5.41) is 6.82. The van der Waals surface area contributed by atoms with Crippen LogP contribution in [0, 0.1) is 0 Å². The number of hydrogen-bond donors (Lipinski definition) is 2. The third-order valence-corrected chi connectivity index (χ3v) is 5.63. The van der Waals surface area contributed by atoms with Crippen molar-refractivity contribution in [3.63, 3.8) is 0 Å². The average molecular weight is 517 g/mol. The lowest BCUT2D eigenvalue weighted by Gasteiger charge is -2.41. The topological polar surface area (TPSA) is 71.0 Å². The Morgan fingerprint density at radius 1 is 1.24 bits per heavy atom. The first-order valence-electron chi connectivity index (χ1n) is 10.5. The number of hydrogen-bond acceptors (Lipinski definition) is 5. The number of aliphatic imine (C=N–C) groups is 1. The van der Waals surface area contributed by atoms with Gasteiger partial charge in [0.2, 0.25) is 5.88 Å². The van der Waals surface area contributed by atoms with Crippen LogP contribution in [0.15, 0.2) is 23.3 Å².